The summed E-state index contributed by atoms with van der Waals surface area (Å²) < 4.78 is 61.4. The number of halogens is 1. The molecule has 3 aromatic rings. The van der Waals surface area contributed by atoms with Crippen LogP contribution in [0.4, 0.5) is 4.39 Å². The number of nitrogens with one attached hydrogen (secondary N) is 2. The minimum Gasteiger partial charge on any atom is -0.457 e. The van der Waals surface area contributed by atoms with E-state index < -0.39 is 46.3 Å². The molecule has 1 heterocycles. The molecule has 1 saturated heterocycles. The van der Waals surface area contributed by atoms with Crippen molar-refractivity contribution < 1.29 is 36.4 Å². The van der Waals surface area contributed by atoms with Crippen LogP contribution in [0.25, 0.3) is 0 Å². The van der Waals surface area contributed by atoms with E-state index in [2.05, 4.69) is 30.8 Å². The zero-order chi connectivity index (χ0) is 35.8. The molecule has 3 aromatic carbocycles. The Hall–Kier alpha value is -3.58. The van der Waals surface area contributed by atoms with Crippen molar-refractivity contribution in [2.24, 2.45) is 29.1 Å². The molecule has 1 aliphatic heterocycles. The minimum atomic E-state index is -4.11. The smallest absolute Gasteiger partial charge is 0.457 e. The molecule has 0 radical (unpaired) electrons. The van der Waals surface area contributed by atoms with Crippen LogP contribution in [0.3, 0.4) is 0 Å². The molecule has 9 nitrogen and oxygen atoms in total. The summed E-state index contributed by atoms with van der Waals surface area (Å²) in [7, 11) is -4.80. The van der Waals surface area contributed by atoms with Gasteiger partial charge in [0.2, 0.25) is 15.9 Å². The lowest BCUT2D eigenvalue weighted by Gasteiger charge is -2.64. The molecule has 1 amide bonds. The van der Waals surface area contributed by atoms with Gasteiger partial charge in [-0.15, -0.1) is 0 Å². The number of rotatable bonds is 14. The first-order valence-corrected chi connectivity index (χ1v) is 18.9. The highest BCUT2D eigenvalue weighted by molar-refractivity contribution is 7.89. The SMILES string of the molecule is CC(C)C[C@H](NC(=O)[C@H](CNS(=O)(=O)c1ccc(F)cc1)CC(=O)c1ccc(Oc2ccccc2)cc1)B1O[C@@H]2C[C@H]3C[C@H](C3(C)C)[C@]2(C)O1. The van der Waals surface area contributed by atoms with Gasteiger partial charge < -0.3 is 19.4 Å². The number of Topliss-reactive ketones (excluding diaryl/α,β-unsaturated/α-hetero) is 1. The first-order valence-electron chi connectivity index (χ1n) is 17.4. The van der Waals surface area contributed by atoms with Gasteiger partial charge in [0.25, 0.3) is 0 Å². The summed E-state index contributed by atoms with van der Waals surface area (Å²) in [6, 6.07) is 20.2. The molecule has 4 aliphatic rings. The topological polar surface area (TPSA) is 120 Å². The predicted octanol–water partition coefficient (Wildman–Crippen LogP) is 6.58. The number of carbonyl (C=O) groups is 2. The fourth-order valence-corrected chi connectivity index (χ4v) is 9.04. The van der Waals surface area contributed by atoms with Gasteiger partial charge in [0, 0.05) is 18.5 Å². The summed E-state index contributed by atoms with van der Waals surface area (Å²) in [5.74, 6) is -0.725. The third-order valence-electron chi connectivity index (χ3n) is 11.0. The Balaban J connectivity index is 1.19. The molecule has 7 rings (SSSR count). The third kappa shape index (κ3) is 7.54. The molecule has 3 saturated carbocycles. The maximum Gasteiger partial charge on any atom is 0.481 e. The molecule has 0 spiro atoms. The van der Waals surface area contributed by atoms with Crippen molar-refractivity contribution >= 4 is 28.8 Å². The van der Waals surface area contributed by atoms with Crippen LogP contribution in [0.2, 0.25) is 0 Å². The third-order valence-corrected chi connectivity index (χ3v) is 12.4. The van der Waals surface area contributed by atoms with Crippen LogP contribution in [0.5, 0.6) is 11.5 Å². The van der Waals surface area contributed by atoms with Crippen molar-refractivity contribution in [1.29, 1.82) is 0 Å². The van der Waals surface area contributed by atoms with Crippen LogP contribution in [-0.2, 0) is 24.1 Å². The fraction of sp³-hybridized carbons (Fsp3) is 0.474. The van der Waals surface area contributed by atoms with Crippen LogP contribution in [0, 0.1) is 34.9 Å². The molecule has 2 bridgehead atoms. The fourth-order valence-electron chi connectivity index (χ4n) is 7.96. The highest BCUT2D eigenvalue weighted by Crippen LogP contribution is 2.65. The van der Waals surface area contributed by atoms with Crippen LogP contribution < -0.4 is 14.8 Å². The van der Waals surface area contributed by atoms with Gasteiger partial charge in [0.1, 0.15) is 17.3 Å². The Morgan fingerprint density at radius 2 is 1.62 bits per heavy atom. The number of carbonyl (C=O) groups excluding carboxylic acids is 2. The van der Waals surface area contributed by atoms with Crippen molar-refractivity contribution in [3.8, 4) is 11.5 Å². The summed E-state index contributed by atoms with van der Waals surface area (Å²) in [5.41, 5.74) is 0.0306. The lowest BCUT2D eigenvalue weighted by Crippen LogP contribution is -2.65. The zero-order valence-electron chi connectivity index (χ0n) is 29.2. The predicted molar refractivity (Wildman–Crippen MR) is 188 cm³/mol. The highest BCUT2D eigenvalue weighted by atomic mass is 32.2. The van der Waals surface area contributed by atoms with E-state index in [4.69, 9.17) is 14.0 Å². The largest absolute Gasteiger partial charge is 0.481 e. The van der Waals surface area contributed by atoms with E-state index in [9.17, 15) is 22.4 Å². The molecule has 0 aromatic heterocycles. The number of benzene rings is 3. The first-order chi connectivity index (χ1) is 23.7. The van der Waals surface area contributed by atoms with E-state index in [1.165, 1.54) is 0 Å². The summed E-state index contributed by atoms with van der Waals surface area (Å²) in [6.45, 7) is 10.4. The summed E-state index contributed by atoms with van der Waals surface area (Å²) in [5, 5.41) is 3.10. The van der Waals surface area contributed by atoms with Crippen LogP contribution in [-0.4, -0.2) is 51.4 Å². The second-order valence-electron chi connectivity index (χ2n) is 15.2. The normalized spacial score (nSPS) is 24.9. The number of sulfonamides is 1. The standard InChI is InChI=1S/C38H46BFN2O7S/c1-24(2)19-35(39-48-34-22-27-21-33(37(27,3)4)38(34,5)49-39)42-36(44)26(23-41-50(45,46)31-17-13-28(40)14-18-31)20-32(43)25-11-15-30(16-12-25)47-29-9-7-6-8-10-29/h6-18,24,26-27,33-35,41H,19-23H2,1-5H3,(H,42,44)/t26-,27+,33+,34+,35-,38-/m0/s1. The van der Waals surface area contributed by atoms with Crippen LogP contribution in [0.15, 0.2) is 83.8 Å². The van der Waals surface area contributed by atoms with Crippen molar-refractivity contribution in [2.75, 3.05) is 6.54 Å². The Labute approximate surface area is 294 Å². The zero-order valence-corrected chi connectivity index (χ0v) is 30.0. The van der Waals surface area contributed by atoms with Gasteiger partial charge in [-0.1, -0.05) is 45.9 Å². The van der Waals surface area contributed by atoms with Gasteiger partial charge >= 0.3 is 7.12 Å². The molecule has 50 heavy (non-hydrogen) atoms. The van der Waals surface area contributed by atoms with E-state index >= 15 is 0 Å². The lowest BCUT2D eigenvalue weighted by molar-refractivity contribution is -0.199. The number of hydrogen-bond acceptors (Lipinski definition) is 7. The number of hydrogen-bond donors (Lipinski definition) is 2. The first kappa shape index (κ1) is 36.2. The number of amides is 1. The molecular formula is C38H46BFN2O7S. The van der Waals surface area contributed by atoms with Crippen molar-refractivity contribution in [3.05, 3.63) is 90.2 Å². The number of ether oxygens (including phenoxy) is 1. The van der Waals surface area contributed by atoms with Gasteiger partial charge in [0.15, 0.2) is 5.78 Å². The number of para-hydroxylation sites is 1. The van der Waals surface area contributed by atoms with E-state index in [1.54, 1.807) is 24.3 Å². The average Bonchev–Trinajstić information content (AvgIpc) is 3.44. The molecule has 0 unspecified atom stereocenters. The van der Waals surface area contributed by atoms with E-state index in [-0.39, 0.29) is 41.1 Å². The van der Waals surface area contributed by atoms with Gasteiger partial charge in [-0.05, 0) is 110 Å². The van der Waals surface area contributed by atoms with Crippen LogP contribution >= 0.6 is 0 Å². The quantitative estimate of drug-likeness (QED) is 0.144. The molecule has 3 aliphatic carbocycles. The second kappa shape index (κ2) is 14.2. The summed E-state index contributed by atoms with van der Waals surface area (Å²) >= 11 is 0. The van der Waals surface area contributed by atoms with Gasteiger partial charge in [-0.25, -0.2) is 17.5 Å². The average molecular weight is 705 g/mol. The van der Waals surface area contributed by atoms with Crippen molar-refractivity contribution in [1.82, 2.24) is 10.0 Å². The molecule has 4 fully saturated rings. The molecule has 12 heteroatoms. The molecule has 2 N–H and O–H groups in total. The second-order valence-corrected chi connectivity index (χ2v) is 16.9. The van der Waals surface area contributed by atoms with E-state index in [1.807, 2.05) is 44.2 Å². The van der Waals surface area contributed by atoms with Gasteiger partial charge in [-0.2, -0.15) is 0 Å². The van der Waals surface area contributed by atoms with E-state index in [0.717, 1.165) is 37.1 Å². The summed E-state index contributed by atoms with van der Waals surface area (Å²) in [4.78, 5) is 27.6. The Morgan fingerprint density at radius 3 is 2.26 bits per heavy atom. The maximum absolute atomic E-state index is 14.1. The molecule has 266 valence electrons. The minimum absolute atomic E-state index is 0.0791. The number of ketones is 1. The lowest BCUT2D eigenvalue weighted by atomic mass is 9.43. The van der Waals surface area contributed by atoms with Gasteiger partial charge in [0.05, 0.1) is 28.5 Å². The monoisotopic (exact) mass is 704 g/mol. The highest BCUT2D eigenvalue weighted by Gasteiger charge is 2.68. The van der Waals surface area contributed by atoms with Gasteiger partial charge in [-0.3, -0.25) is 9.59 Å². The molecular weight excluding hydrogens is 658 g/mol. The van der Waals surface area contributed by atoms with Crippen molar-refractivity contribution in [3.63, 3.8) is 0 Å². The Morgan fingerprint density at radius 1 is 0.960 bits per heavy atom. The van der Waals surface area contributed by atoms with Crippen LogP contribution in [0.1, 0.15) is 70.7 Å². The molecule has 6 atom stereocenters. The van der Waals surface area contributed by atoms with E-state index in [0.29, 0.717) is 35.3 Å². The summed E-state index contributed by atoms with van der Waals surface area (Å²) in [6.07, 6.45) is 2.20. The Kier molecular flexibility index (Phi) is 10.3. The Bertz CT molecular complexity index is 1790. The van der Waals surface area contributed by atoms with Crippen molar-refractivity contribution in [2.45, 2.75) is 82.8 Å². The maximum atomic E-state index is 14.1.